The Labute approximate surface area is 212 Å². The summed E-state index contributed by atoms with van der Waals surface area (Å²) in [6, 6.07) is 4.71. The highest BCUT2D eigenvalue weighted by molar-refractivity contribution is 7.85. The summed E-state index contributed by atoms with van der Waals surface area (Å²) in [5.74, 6) is -3.19. The molecule has 0 radical (unpaired) electrons. The number of esters is 3. The summed E-state index contributed by atoms with van der Waals surface area (Å²) < 4.78 is 48.8. The molecule has 0 aromatic heterocycles. The van der Waals surface area contributed by atoms with E-state index >= 15 is 0 Å². The van der Waals surface area contributed by atoms with Gasteiger partial charge in [-0.1, -0.05) is 0 Å². The van der Waals surface area contributed by atoms with E-state index in [9.17, 15) is 27.6 Å². The summed E-state index contributed by atoms with van der Waals surface area (Å²) >= 11 is 0. The molecule has 9 unspecified atom stereocenters. The third-order valence-electron chi connectivity index (χ3n) is 9.83. The van der Waals surface area contributed by atoms with Crippen molar-refractivity contribution in [2.24, 2.45) is 46.8 Å². The van der Waals surface area contributed by atoms with Crippen LogP contribution in [-0.4, -0.2) is 48.9 Å². The van der Waals surface area contributed by atoms with E-state index < -0.39 is 57.4 Å². The second kappa shape index (κ2) is 7.63. The van der Waals surface area contributed by atoms with Crippen LogP contribution in [0.15, 0.2) is 29.2 Å². The SMILES string of the molecule is O=C1OC2C3CC(C2OC(=O)C24CC5CC(C2)C(=O)[C@H](C5)C4)C(C(=O)Oc2ccc(S(=O)(=O)O)cc2)C13. The number of ether oxygens (including phenoxy) is 3. The molecule has 7 fully saturated rings. The van der Waals surface area contributed by atoms with Crippen molar-refractivity contribution in [1.82, 2.24) is 0 Å². The first-order valence-electron chi connectivity index (χ1n) is 12.8. The molecule has 10 nitrogen and oxygen atoms in total. The first-order chi connectivity index (χ1) is 17.5. The van der Waals surface area contributed by atoms with E-state index in [1.807, 2.05) is 0 Å². The number of Topliss-reactive ketones (excluding diaryl/α,β-unsaturated/α-hetero) is 1. The van der Waals surface area contributed by atoms with Crippen molar-refractivity contribution in [2.45, 2.75) is 55.6 Å². The molecule has 7 aliphatic rings. The zero-order chi connectivity index (χ0) is 25.9. The fraction of sp³-hybridized carbons (Fsp3) is 0.615. The van der Waals surface area contributed by atoms with Crippen molar-refractivity contribution < 1.29 is 46.4 Å². The fourth-order valence-electron chi connectivity index (χ4n) is 8.58. The number of fused-ring (bicyclic) bond motifs is 1. The third-order valence-corrected chi connectivity index (χ3v) is 10.7. The highest BCUT2D eigenvalue weighted by atomic mass is 32.2. The van der Waals surface area contributed by atoms with Gasteiger partial charge in [-0.25, -0.2) is 0 Å². The summed E-state index contributed by atoms with van der Waals surface area (Å²) in [5.41, 5.74) is -0.681. The Morgan fingerprint density at radius 2 is 1.65 bits per heavy atom. The Bertz CT molecular complexity index is 1320. The van der Waals surface area contributed by atoms with Crippen LogP contribution >= 0.6 is 0 Å². The normalized spacial score (nSPS) is 42.7. The molecule has 0 amide bonds. The lowest BCUT2D eigenvalue weighted by atomic mass is 9.49. The van der Waals surface area contributed by atoms with E-state index in [1.54, 1.807) is 0 Å². The number of rotatable bonds is 5. The van der Waals surface area contributed by atoms with Crippen LogP contribution in [0.5, 0.6) is 5.75 Å². The maximum absolute atomic E-state index is 13.6. The van der Waals surface area contributed by atoms with Gasteiger partial charge in [0.1, 0.15) is 23.7 Å². The van der Waals surface area contributed by atoms with Crippen LogP contribution in [0.2, 0.25) is 0 Å². The molecular formula is C26H26O10S. The van der Waals surface area contributed by atoms with E-state index in [2.05, 4.69) is 0 Å². The molecule has 6 aliphatic carbocycles. The van der Waals surface area contributed by atoms with Crippen molar-refractivity contribution in [3.8, 4) is 5.75 Å². The summed E-state index contributed by atoms with van der Waals surface area (Å²) in [4.78, 5) is 51.8. The summed E-state index contributed by atoms with van der Waals surface area (Å²) in [7, 11) is -4.39. The Kier molecular flexibility index (Phi) is 4.81. The second-order valence-corrected chi connectivity index (χ2v) is 13.2. The van der Waals surface area contributed by atoms with Gasteiger partial charge in [0.25, 0.3) is 10.1 Å². The minimum Gasteiger partial charge on any atom is -0.458 e. The fourth-order valence-corrected chi connectivity index (χ4v) is 9.06. The van der Waals surface area contributed by atoms with Crippen molar-refractivity contribution in [2.75, 3.05) is 0 Å². The first-order valence-corrected chi connectivity index (χ1v) is 14.2. The summed E-state index contributed by atoms with van der Waals surface area (Å²) in [5, 5.41) is 0. The van der Waals surface area contributed by atoms with Gasteiger partial charge in [-0.15, -0.1) is 0 Å². The molecule has 1 aromatic rings. The number of ketones is 1. The van der Waals surface area contributed by atoms with Crippen molar-refractivity contribution in [3.05, 3.63) is 24.3 Å². The van der Waals surface area contributed by atoms with E-state index in [4.69, 9.17) is 18.8 Å². The predicted octanol–water partition coefficient (Wildman–Crippen LogP) is 1.95. The highest BCUT2D eigenvalue weighted by Crippen LogP contribution is 2.62. The van der Waals surface area contributed by atoms with Gasteiger partial charge in [-0.2, -0.15) is 8.42 Å². The molecule has 11 heteroatoms. The molecule has 1 aliphatic heterocycles. The predicted molar refractivity (Wildman–Crippen MR) is 121 cm³/mol. The van der Waals surface area contributed by atoms with Crippen LogP contribution in [0.4, 0.5) is 0 Å². The molecule has 37 heavy (non-hydrogen) atoms. The molecule has 1 saturated heterocycles. The Hall–Kier alpha value is -2.79. The van der Waals surface area contributed by atoms with E-state index in [1.165, 1.54) is 12.1 Å². The zero-order valence-electron chi connectivity index (χ0n) is 19.8. The minimum absolute atomic E-state index is 0.0647. The van der Waals surface area contributed by atoms with Gasteiger partial charge < -0.3 is 14.2 Å². The Morgan fingerprint density at radius 3 is 2.30 bits per heavy atom. The largest absolute Gasteiger partial charge is 0.458 e. The van der Waals surface area contributed by atoms with Crippen LogP contribution < -0.4 is 4.74 Å². The van der Waals surface area contributed by atoms with Crippen molar-refractivity contribution in [3.63, 3.8) is 0 Å². The molecule has 6 bridgehead atoms. The quantitative estimate of drug-likeness (QED) is 0.340. The topological polar surface area (TPSA) is 150 Å². The van der Waals surface area contributed by atoms with E-state index in [-0.39, 0.29) is 40.2 Å². The molecule has 1 N–H and O–H groups in total. The van der Waals surface area contributed by atoms with Gasteiger partial charge in [0.2, 0.25) is 0 Å². The lowest BCUT2D eigenvalue weighted by molar-refractivity contribution is -0.188. The van der Waals surface area contributed by atoms with Crippen molar-refractivity contribution in [1.29, 1.82) is 0 Å². The van der Waals surface area contributed by atoms with Gasteiger partial charge >= 0.3 is 17.9 Å². The van der Waals surface area contributed by atoms with Crippen LogP contribution in [0.25, 0.3) is 0 Å². The molecular weight excluding hydrogens is 504 g/mol. The van der Waals surface area contributed by atoms with Gasteiger partial charge in [-0.3, -0.25) is 23.7 Å². The minimum atomic E-state index is -4.39. The number of carbonyl (C=O) groups is 4. The van der Waals surface area contributed by atoms with Gasteiger partial charge in [0.05, 0.1) is 22.1 Å². The molecule has 6 saturated carbocycles. The number of hydrogen-bond acceptors (Lipinski definition) is 9. The van der Waals surface area contributed by atoms with Crippen LogP contribution in [-0.2, 0) is 38.8 Å². The number of carbonyl (C=O) groups excluding carboxylic acids is 4. The van der Waals surface area contributed by atoms with Gasteiger partial charge in [0.15, 0.2) is 0 Å². The van der Waals surface area contributed by atoms with Crippen LogP contribution in [0.1, 0.15) is 38.5 Å². The molecule has 1 heterocycles. The summed E-state index contributed by atoms with van der Waals surface area (Å²) in [6.07, 6.45) is 2.60. The zero-order valence-corrected chi connectivity index (χ0v) is 20.6. The highest BCUT2D eigenvalue weighted by Gasteiger charge is 2.71. The van der Waals surface area contributed by atoms with Crippen molar-refractivity contribution >= 4 is 33.8 Å². The van der Waals surface area contributed by atoms with Gasteiger partial charge in [-0.05, 0) is 68.7 Å². The third kappa shape index (κ3) is 3.35. The molecule has 0 spiro atoms. The van der Waals surface area contributed by atoms with E-state index in [0.29, 0.717) is 31.6 Å². The molecule has 196 valence electrons. The summed E-state index contributed by atoms with van der Waals surface area (Å²) in [6.45, 7) is 0. The maximum atomic E-state index is 13.6. The number of benzene rings is 1. The standard InChI is InChI=1S/C26H26O10S/c27-20-12-5-11-6-13(20)10-26(8-11,9-12)25(30)36-22-17-7-16-19(24(29)35-21(16)22)18(17)23(28)34-14-1-3-15(4-2-14)37(31,32)33/h1-4,11-13,16-19,21-22H,5-10H2,(H,31,32,33)/t11?,12-,13?,16?,17?,18?,19?,21?,22?,26?/m1/s1. The Balaban J connectivity index is 1.11. The van der Waals surface area contributed by atoms with Crippen LogP contribution in [0, 0.1) is 46.8 Å². The first kappa shape index (κ1) is 23.3. The smallest absolute Gasteiger partial charge is 0.315 e. The average molecular weight is 531 g/mol. The molecule has 8 rings (SSSR count). The van der Waals surface area contributed by atoms with E-state index in [0.717, 1.165) is 25.0 Å². The average Bonchev–Trinajstić information content (AvgIpc) is 3.45. The number of hydrogen-bond donors (Lipinski definition) is 1. The lowest BCUT2D eigenvalue weighted by Crippen LogP contribution is -2.56. The Morgan fingerprint density at radius 1 is 0.973 bits per heavy atom. The molecule has 1 aromatic carbocycles. The maximum Gasteiger partial charge on any atom is 0.315 e. The molecule has 10 atom stereocenters. The second-order valence-electron chi connectivity index (χ2n) is 11.8. The van der Waals surface area contributed by atoms with Crippen LogP contribution in [0.3, 0.4) is 0 Å². The monoisotopic (exact) mass is 530 g/mol. The van der Waals surface area contributed by atoms with Gasteiger partial charge in [0, 0.05) is 23.7 Å². The lowest BCUT2D eigenvalue weighted by Gasteiger charge is -2.54.